The molecule has 3 heterocycles. The number of aromatic nitrogens is 3. The summed E-state index contributed by atoms with van der Waals surface area (Å²) in [4.78, 5) is 16.0. The first kappa shape index (κ1) is 21.4. The lowest BCUT2D eigenvalue weighted by molar-refractivity contribution is -0.117. The average molecular weight is 388 g/mol. The maximum absolute atomic E-state index is 12.0. The fourth-order valence-electron chi connectivity index (χ4n) is 2.51. The number of hydrogen-bond acceptors (Lipinski definition) is 5. The van der Waals surface area contributed by atoms with Gasteiger partial charge in [0.05, 0.1) is 13.2 Å². The van der Waals surface area contributed by atoms with Crippen LogP contribution in [-0.4, -0.2) is 46.5 Å². The number of anilines is 1. The first-order chi connectivity index (χ1) is 11.3. The maximum atomic E-state index is 12.0. The van der Waals surface area contributed by atoms with Gasteiger partial charge < -0.3 is 15.4 Å². The summed E-state index contributed by atoms with van der Waals surface area (Å²) in [5.41, 5.74) is 1.21. The van der Waals surface area contributed by atoms with Gasteiger partial charge >= 0.3 is 0 Å². The molecule has 0 saturated carbocycles. The monoisotopic (exact) mass is 387 g/mol. The summed E-state index contributed by atoms with van der Waals surface area (Å²) in [7, 11) is 0. The molecule has 1 fully saturated rings. The maximum Gasteiger partial charge on any atom is 0.227 e. The number of aryl methyl sites for hydroxylation is 2. The Labute approximate surface area is 159 Å². The van der Waals surface area contributed by atoms with E-state index in [4.69, 9.17) is 4.74 Å². The quantitative estimate of drug-likeness (QED) is 0.787. The Hall–Kier alpha value is -1.67. The van der Waals surface area contributed by atoms with Crippen LogP contribution in [0.5, 0.6) is 0 Å². The van der Waals surface area contributed by atoms with Crippen LogP contribution in [0.25, 0.3) is 0 Å². The van der Waals surface area contributed by atoms with Crippen molar-refractivity contribution in [3.63, 3.8) is 0 Å². The lowest BCUT2D eigenvalue weighted by Crippen LogP contribution is -2.43. The Morgan fingerprint density at radius 2 is 2.12 bits per heavy atom. The summed E-state index contributed by atoms with van der Waals surface area (Å²) >= 11 is 0. The van der Waals surface area contributed by atoms with Gasteiger partial charge in [-0.2, -0.15) is 5.10 Å². The number of rotatable bonds is 6. The van der Waals surface area contributed by atoms with Crippen LogP contribution in [0.2, 0.25) is 0 Å². The number of ether oxygens (including phenoxy) is 1. The van der Waals surface area contributed by atoms with Crippen molar-refractivity contribution in [1.82, 2.24) is 20.1 Å². The summed E-state index contributed by atoms with van der Waals surface area (Å²) in [6, 6.07) is 5.88. The molecule has 0 radical (unpaired) electrons. The molecule has 1 amide bonds. The Morgan fingerprint density at radius 1 is 1.32 bits per heavy atom. The van der Waals surface area contributed by atoms with E-state index in [2.05, 4.69) is 20.7 Å². The van der Waals surface area contributed by atoms with Crippen LogP contribution in [0.15, 0.2) is 36.8 Å². The molecule has 2 aromatic rings. The lowest BCUT2D eigenvalue weighted by atomic mass is 10.2. The van der Waals surface area contributed by atoms with E-state index in [0.717, 1.165) is 19.5 Å². The largest absolute Gasteiger partial charge is 0.378 e. The number of carbonyl (C=O) groups excluding carboxylic acids is 1. The molecular formula is C16H23Cl2N5O2. The van der Waals surface area contributed by atoms with Crippen LogP contribution in [0.1, 0.15) is 12.0 Å². The zero-order valence-corrected chi connectivity index (χ0v) is 15.4. The fourth-order valence-corrected chi connectivity index (χ4v) is 2.51. The van der Waals surface area contributed by atoms with Crippen LogP contribution in [0.3, 0.4) is 0 Å². The molecule has 2 N–H and O–H groups in total. The predicted molar refractivity (Wildman–Crippen MR) is 101 cm³/mol. The summed E-state index contributed by atoms with van der Waals surface area (Å²) in [5, 5.41) is 10.5. The SMILES string of the molecule is Cl.Cl.O=C(CC1COCCN1)Nc1ccn(CCc2ccncc2)n1. The van der Waals surface area contributed by atoms with Crippen LogP contribution >= 0.6 is 24.8 Å². The van der Waals surface area contributed by atoms with Crippen molar-refractivity contribution in [3.8, 4) is 0 Å². The van der Waals surface area contributed by atoms with E-state index >= 15 is 0 Å². The van der Waals surface area contributed by atoms with Crippen molar-refractivity contribution >= 4 is 36.5 Å². The van der Waals surface area contributed by atoms with Gasteiger partial charge in [0.1, 0.15) is 0 Å². The van der Waals surface area contributed by atoms with E-state index < -0.39 is 0 Å². The van der Waals surface area contributed by atoms with Gasteiger partial charge in [0.2, 0.25) is 5.91 Å². The molecule has 0 aliphatic carbocycles. The molecule has 1 saturated heterocycles. The Morgan fingerprint density at radius 3 is 2.84 bits per heavy atom. The molecule has 9 heteroatoms. The second kappa shape index (κ2) is 11.0. The second-order valence-electron chi connectivity index (χ2n) is 5.55. The molecule has 0 aromatic carbocycles. The smallest absolute Gasteiger partial charge is 0.227 e. The summed E-state index contributed by atoms with van der Waals surface area (Å²) in [6.45, 7) is 2.84. The van der Waals surface area contributed by atoms with E-state index in [-0.39, 0.29) is 36.8 Å². The highest BCUT2D eigenvalue weighted by Gasteiger charge is 2.17. The molecule has 1 aliphatic heterocycles. The molecule has 1 unspecified atom stereocenters. The number of nitrogens with zero attached hydrogens (tertiary/aromatic N) is 3. The summed E-state index contributed by atoms with van der Waals surface area (Å²) in [5.74, 6) is 0.536. The molecule has 1 aliphatic rings. The number of amides is 1. The third-order valence-electron chi connectivity index (χ3n) is 3.72. The Kier molecular flexibility index (Phi) is 9.44. The standard InChI is InChI=1S/C16H21N5O2.2ClH/c22-16(11-14-12-23-10-7-18-14)19-15-4-9-21(20-15)8-3-13-1-5-17-6-2-13;;/h1-2,4-6,9,14,18H,3,7-8,10-12H2,(H,19,20,22);2*1H. The van der Waals surface area contributed by atoms with Gasteiger partial charge in [0.25, 0.3) is 0 Å². The molecule has 2 aromatic heterocycles. The normalized spacial score (nSPS) is 16.4. The van der Waals surface area contributed by atoms with E-state index in [9.17, 15) is 4.79 Å². The van der Waals surface area contributed by atoms with Gasteiger partial charge in [0.15, 0.2) is 5.82 Å². The molecule has 138 valence electrons. The Bertz CT molecular complexity index is 632. The average Bonchev–Trinajstić information content (AvgIpc) is 3.02. The molecule has 0 spiro atoms. The van der Waals surface area contributed by atoms with Crippen LogP contribution < -0.4 is 10.6 Å². The summed E-state index contributed by atoms with van der Waals surface area (Å²) in [6.07, 6.45) is 6.71. The van der Waals surface area contributed by atoms with Gasteiger partial charge in [0, 0.05) is 50.2 Å². The van der Waals surface area contributed by atoms with Crippen molar-refractivity contribution < 1.29 is 9.53 Å². The van der Waals surface area contributed by atoms with E-state index in [1.165, 1.54) is 5.56 Å². The van der Waals surface area contributed by atoms with Gasteiger partial charge in [-0.15, -0.1) is 24.8 Å². The third kappa shape index (κ3) is 6.99. The van der Waals surface area contributed by atoms with E-state index in [0.29, 0.717) is 25.5 Å². The number of carbonyl (C=O) groups is 1. The first-order valence-electron chi connectivity index (χ1n) is 7.83. The number of halogens is 2. The number of hydrogen-bond donors (Lipinski definition) is 2. The zero-order chi connectivity index (χ0) is 15.9. The van der Waals surface area contributed by atoms with Crippen molar-refractivity contribution in [2.24, 2.45) is 0 Å². The van der Waals surface area contributed by atoms with Crippen LogP contribution in [0.4, 0.5) is 5.82 Å². The third-order valence-corrected chi connectivity index (χ3v) is 3.72. The van der Waals surface area contributed by atoms with Crippen LogP contribution in [-0.2, 0) is 22.5 Å². The molecule has 3 rings (SSSR count). The predicted octanol–water partition coefficient (Wildman–Crippen LogP) is 1.68. The van der Waals surface area contributed by atoms with Gasteiger partial charge in [-0.3, -0.25) is 14.5 Å². The highest BCUT2D eigenvalue weighted by Crippen LogP contribution is 2.07. The Balaban J connectivity index is 0.00000156. The van der Waals surface area contributed by atoms with Gasteiger partial charge in [-0.05, 0) is 24.1 Å². The zero-order valence-electron chi connectivity index (χ0n) is 13.8. The number of morpholine rings is 1. The fraction of sp³-hybridized carbons (Fsp3) is 0.438. The molecular weight excluding hydrogens is 365 g/mol. The molecule has 7 nitrogen and oxygen atoms in total. The van der Waals surface area contributed by atoms with Gasteiger partial charge in [-0.25, -0.2) is 0 Å². The highest BCUT2D eigenvalue weighted by atomic mass is 35.5. The van der Waals surface area contributed by atoms with E-state index in [1.54, 1.807) is 12.4 Å². The van der Waals surface area contributed by atoms with Gasteiger partial charge in [-0.1, -0.05) is 0 Å². The molecule has 25 heavy (non-hydrogen) atoms. The highest BCUT2D eigenvalue weighted by molar-refractivity contribution is 5.90. The van der Waals surface area contributed by atoms with Crippen molar-refractivity contribution in [3.05, 3.63) is 42.4 Å². The minimum atomic E-state index is -0.0487. The van der Waals surface area contributed by atoms with Crippen molar-refractivity contribution in [1.29, 1.82) is 0 Å². The van der Waals surface area contributed by atoms with E-state index in [1.807, 2.05) is 29.1 Å². The lowest BCUT2D eigenvalue weighted by Gasteiger charge is -2.22. The molecule has 1 atom stereocenters. The number of pyridine rings is 1. The topological polar surface area (TPSA) is 81.1 Å². The van der Waals surface area contributed by atoms with Crippen LogP contribution in [0, 0.1) is 0 Å². The molecule has 0 bridgehead atoms. The summed E-state index contributed by atoms with van der Waals surface area (Å²) < 4.78 is 7.18. The minimum Gasteiger partial charge on any atom is -0.378 e. The van der Waals surface area contributed by atoms with Crippen molar-refractivity contribution in [2.75, 3.05) is 25.1 Å². The first-order valence-corrected chi connectivity index (χ1v) is 7.83. The minimum absolute atomic E-state index is 0. The van der Waals surface area contributed by atoms with Crippen molar-refractivity contribution in [2.45, 2.75) is 25.4 Å². The number of nitrogens with one attached hydrogen (secondary N) is 2. The second-order valence-corrected chi connectivity index (χ2v) is 5.55.